The molecule has 20 heavy (non-hydrogen) atoms. The van der Waals surface area contributed by atoms with Gasteiger partial charge < -0.3 is 10.2 Å². The maximum atomic E-state index is 11.9. The van der Waals surface area contributed by atoms with Crippen LogP contribution in [0.15, 0.2) is 0 Å². The van der Waals surface area contributed by atoms with E-state index in [1.807, 2.05) is 0 Å². The van der Waals surface area contributed by atoms with Gasteiger partial charge in [0.2, 0.25) is 23.6 Å². The molecule has 2 N–H and O–H groups in total. The fourth-order valence-corrected chi connectivity index (χ4v) is 2.45. The number of nitrogens with one attached hydrogen (secondary N) is 2. The normalized spacial score (nSPS) is 24.1. The van der Waals surface area contributed by atoms with Gasteiger partial charge in [-0.25, -0.2) is 0 Å². The molecule has 4 amide bonds. The minimum absolute atomic E-state index is 0.0130. The molecular formula is C13H19N3O4. The molecule has 0 radical (unpaired) electrons. The second-order valence-electron chi connectivity index (χ2n) is 5.20. The lowest BCUT2D eigenvalue weighted by atomic mass is 10.1. The van der Waals surface area contributed by atoms with Crippen LogP contribution in [0.4, 0.5) is 0 Å². The summed E-state index contributed by atoms with van der Waals surface area (Å²) in [5.74, 6) is -1.16. The van der Waals surface area contributed by atoms with E-state index < -0.39 is 11.9 Å². The molecule has 2 aliphatic rings. The van der Waals surface area contributed by atoms with Crippen LogP contribution in [0.2, 0.25) is 0 Å². The van der Waals surface area contributed by atoms with Gasteiger partial charge in [-0.3, -0.25) is 24.5 Å². The first-order valence-electron chi connectivity index (χ1n) is 6.97. The van der Waals surface area contributed by atoms with Gasteiger partial charge in [0.1, 0.15) is 6.04 Å². The smallest absolute Gasteiger partial charge is 0.249 e. The zero-order valence-corrected chi connectivity index (χ0v) is 11.3. The molecule has 7 nitrogen and oxygen atoms in total. The number of nitrogens with zero attached hydrogens (tertiary/aromatic N) is 1. The predicted octanol–water partition coefficient (Wildman–Crippen LogP) is -0.690. The number of amides is 4. The van der Waals surface area contributed by atoms with Crippen molar-refractivity contribution in [3.63, 3.8) is 0 Å². The summed E-state index contributed by atoms with van der Waals surface area (Å²) in [6.07, 6.45) is 3.77. The lowest BCUT2D eigenvalue weighted by molar-refractivity contribution is -0.138. The van der Waals surface area contributed by atoms with Crippen molar-refractivity contribution in [1.82, 2.24) is 15.5 Å². The number of carbonyl (C=O) groups is 4. The molecule has 1 unspecified atom stereocenters. The first-order valence-corrected chi connectivity index (χ1v) is 6.97. The van der Waals surface area contributed by atoms with Crippen LogP contribution >= 0.6 is 0 Å². The number of rotatable bonds is 3. The highest BCUT2D eigenvalue weighted by Crippen LogP contribution is 2.11. The number of piperidine rings is 1. The molecule has 110 valence electrons. The van der Waals surface area contributed by atoms with Gasteiger partial charge in [0.05, 0.1) is 6.54 Å². The number of carbonyl (C=O) groups excluding carboxylic acids is 4. The second kappa shape index (κ2) is 6.49. The minimum Gasteiger partial charge on any atom is -0.343 e. The number of imide groups is 1. The summed E-state index contributed by atoms with van der Waals surface area (Å²) in [6.45, 7) is 0.568. The number of likely N-dealkylation sites (tertiary alicyclic amines) is 1. The van der Waals surface area contributed by atoms with E-state index >= 15 is 0 Å². The van der Waals surface area contributed by atoms with Gasteiger partial charge in [-0.1, -0.05) is 6.42 Å². The van der Waals surface area contributed by atoms with Crippen LogP contribution in [-0.2, 0) is 19.2 Å². The Balaban J connectivity index is 1.84. The molecule has 0 aromatic rings. The Kier molecular flexibility index (Phi) is 4.70. The summed E-state index contributed by atoms with van der Waals surface area (Å²) in [4.78, 5) is 47.7. The van der Waals surface area contributed by atoms with Crippen LogP contribution < -0.4 is 10.6 Å². The van der Waals surface area contributed by atoms with Crippen molar-refractivity contribution in [2.24, 2.45) is 0 Å². The summed E-state index contributed by atoms with van der Waals surface area (Å²) < 4.78 is 0. The molecule has 2 rings (SSSR count). The molecule has 2 aliphatic heterocycles. The summed E-state index contributed by atoms with van der Waals surface area (Å²) in [6, 6.07) is -0.678. The third-order valence-corrected chi connectivity index (χ3v) is 3.58. The zero-order valence-electron chi connectivity index (χ0n) is 11.3. The van der Waals surface area contributed by atoms with Crippen molar-refractivity contribution in [3.8, 4) is 0 Å². The molecule has 0 spiro atoms. The topological polar surface area (TPSA) is 95.6 Å². The van der Waals surface area contributed by atoms with E-state index in [4.69, 9.17) is 0 Å². The van der Waals surface area contributed by atoms with Gasteiger partial charge in [-0.2, -0.15) is 0 Å². The van der Waals surface area contributed by atoms with Crippen molar-refractivity contribution in [2.45, 2.75) is 44.6 Å². The highest BCUT2D eigenvalue weighted by molar-refractivity contribution is 6.01. The van der Waals surface area contributed by atoms with Gasteiger partial charge in [-0.05, 0) is 19.3 Å². The molecule has 0 saturated carbocycles. The quantitative estimate of drug-likeness (QED) is 0.669. The van der Waals surface area contributed by atoms with Crippen LogP contribution in [0.3, 0.4) is 0 Å². The Hall–Kier alpha value is -1.92. The standard InChI is InChI=1S/C13H19N3O4/c17-10-6-5-9(13(20)15-10)14-11(18)8-16-7-3-1-2-4-12(16)19/h9H,1-8H2,(H,14,18)(H,15,17,20). The van der Waals surface area contributed by atoms with Gasteiger partial charge in [-0.15, -0.1) is 0 Å². The van der Waals surface area contributed by atoms with Crippen molar-refractivity contribution in [3.05, 3.63) is 0 Å². The number of hydrogen-bond donors (Lipinski definition) is 2. The average molecular weight is 281 g/mol. The first-order chi connectivity index (χ1) is 9.56. The molecule has 0 aromatic heterocycles. The molecule has 2 heterocycles. The van der Waals surface area contributed by atoms with Crippen LogP contribution in [-0.4, -0.2) is 47.7 Å². The lowest BCUT2D eigenvalue weighted by Gasteiger charge is -2.24. The van der Waals surface area contributed by atoms with E-state index in [1.165, 1.54) is 4.90 Å². The highest BCUT2D eigenvalue weighted by atomic mass is 16.2. The first kappa shape index (κ1) is 14.5. The monoisotopic (exact) mass is 281 g/mol. The van der Waals surface area contributed by atoms with E-state index in [0.29, 0.717) is 19.4 Å². The van der Waals surface area contributed by atoms with Crippen LogP contribution in [0.1, 0.15) is 38.5 Å². The van der Waals surface area contributed by atoms with Gasteiger partial charge in [0.15, 0.2) is 0 Å². The summed E-state index contributed by atoms with van der Waals surface area (Å²) in [7, 11) is 0. The van der Waals surface area contributed by atoms with Crippen molar-refractivity contribution in [1.29, 1.82) is 0 Å². The van der Waals surface area contributed by atoms with Crippen molar-refractivity contribution >= 4 is 23.6 Å². The van der Waals surface area contributed by atoms with E-state index in [0.717, 1.165) is 19.3 Å². The number of hydrogen-bond acceptors (Lipinski definition) is 4. The fourth-order valence-electron chi connectivity index (χ4n) is 2.45. The van der Waals surface area contributed by atoms with Gasteiger partial charge in [0.25, 0.3) is 0 Å². The maximum Gasteiger partial charge on any atom is 0.249 e. The predicted molar refractivity (Wildman–Crippen MR) is 69.4 cm³/mol. The molecule has 1 atom stereocenters. The van der Waals surface area contributed by atoms with Crippen LogP contribution in [0.25, 0.3) is 0 Å². The molecule has 7 heteroatoms. The van der Waals surface area contributed by atoms with Crippen molar-refractivity contribution in [2.75, 3.05) is 13.1 Å². The SMILES string of the molecule is O=C1CCC(NC(=O)CN2CCCCCC2=O)C(=O)N1. The Morgan fingerprint density at radius 2 is 2.00 bits per heavy atom. The van der Waals surface area contributed by atoms with Crippen LogP contribution in [0, 0.1) is 0 Å². The fraction of sp³-hybridized carbons (Fsp3) is 0.692. The molecule has 0 aromatic carbocycles. The molecular weight excluding hydrogens is 262 g/mol. The van der Waals surface area contributed by atoms with E-state index in [9.17, 15) is 19.2 Å². The highest BCUT2D eigenvalue weighted by Gasteiger charge is 2.28. The molecule has 2 saturated heterocycles. The van der Waals surface area contributed by atoms with E-state index in [2.05, 4.69) is 10.6 Å². The third-order valence-electron chi connectivity index (χ3n) is 3.58. The molecule has 2 fully saturated rings. The molecule has 0 bridgehead atoms. The van der Waals surface area contributed by atoms with Crippen molar-refractivity contribution < 1.29 is 19.2 Å². The lowest BCUT2D eigenvalue weighted by Crippen LogP contribution is -2.54. The van der Waals surface area contributed by atoms with E-state index in [-0.39, 0.29) is 30.7 Å². The maximum absolute atomic E-state index is 11.9. The Labute approximate surface area is 117 Å². The largest absolute Gasteiger partial charge is 0.343 e. The van der Waals surface area contributed by atoms with Crippen LogP contribution in [0.5, 0.6) is 0 Å². The third kappa shape index (κ3) is 3.79. The van der Waals surface area contributed by atoms with Gasteiger partial charge >= 0.3 is 0 Å². The molecule has 0 aliphatic carbocycles. The summed E-state index contributed by atoms with van der Waals surface area (Å²) in [5, 5.41) is 4.76. The summed E-state index contributed by atoms with van der Waals surface area (Å²) in [5.41, 5.74) is 0. The average Bonchev–Trinajstić information content (AvgIpc) is 2.59. The van der Waals surface area contributed by atoms with Gasteiger partial charge in [0, 0.05) is 19.4 Å². The Bertz CT molecular complexity index is 435. The second-order valence-corrected chi connectivity index (χ2v) is 5.20. The Morgan fingerprint density at radius 3 is 2.75 bits per heavy atom. The van der Waals surface area contributed by atoms with E-state index in [1.54, 1.807) is 0 Å². The summed E-state index contributed by atoms with van der Waals surface area (Å²) >= 11 is 0. The Morgan fingerprint density at radius 1 is 1.20 bits per heavy atom. The zero-order chi connectivity index (χ0) is 14.5. The minimum atomic E-state index is -0.678.